The van der Waals surface area contributed by atoms with Gasteiger partial charge in [-0.1, -0.05) is 12.1 Å². The number of alkyl halides is 1. The molecule has 2 saturated heterocycles. The van der Waals surface area contributed by atoms with Crippen LogP contribution in [0, 0.1) is 12.5 Å². The number of benzene rings is 1. The second-order valence-electron chi connectivity index (χ2n) is 8.12. The van der Waals surface area contributed by atoms with E-state index in [0.717, 1.165) is 11.1 Å². The van der Waals surface area contributed by atoms with Crippen LogP contribution >= 0.6 is 0 Å². The molecule has 0 radical (unpaired) electrons. The summed E-state index contributed by atoms with van der Waals surface area (Å²) in [6.45, 7) is 11.4. The Kier molecular flexibility index (Phi) is 5.48. The number of carbonyl (C=O) groups excluding carboxylic acids is 1. The topological polar surface area (TPSA) is 50.0 Å². The van der Waals surface area contributed by atoms with E-state index >= 15 is 0 Å². The Hall–Kier alpha value is -2.56. The van der Waals surface area contributed by atoms with E-state index in [2.05, 4.69) is 14.7 Å². The zero-order chi connectivity index (χ0) is 20.5. The first kappa shape index (κ1) is 19.7. The summed E-state index contributed by atoms with van der Waals surface area (Å²) in [6, 6.07) is 7.49. The molecule has 2 unspecified atom stereocenters. The highest BCUT2D eigenvalue weighted by Crippen LogP contribution is 2.34. The van der Waals surface area contributed by atoms with Gasteiger partial charge in [-0.15, -0.1) is 0 Å². The molecule has 6 nitrogen and oxygen atoms in total. The second kappa shape index (κ2) is 8.05. The van der Waals surface area contributed by atoms with Crippen LogP contribution in [0.15, 0.2) is 30.5 Å². The molecule has 1 aromatic carbocycles. The van der Waals surface area contributed by atoms with Gasteiger partial charge in [0.25, 0.3) is 0 Å². The van der Waals surface area contributed by atoms with Crippen molar-refractivity contribution in [3.8, 4) is 0 Å². The molecular formula is C22H25FN4O2. The van der Waals surface area contributed by atoms with Crippen LogP contribution in [0.1, 0.15) is 13.3 Å². The lowest BCUT2D eigenvalue weighted by Crippen LogP contribution is -2.50. The van der Waals surface area contributed by atoms with Crippen LogP contribution in [0.4, 0.5) is 15.8 Å². The molecule has 7 heteroatoms. The maximum absolute atomic E-state index is 14.2. The van der Waals surface area contributed by atoms with Crippen LogP contribution < -0.4 is 4.90 Å². The third kappa shape index (κ3) is 3.96. The van der Waals surface area contributed by atoms with Crippen molar-refractivity contribution in [3.05, 3.63) is 41.9 Å². The fraction of sp³-hybridized carbons (Fsp3) is 0.500. The summed E-state index contributed by atoms with van der Waals surface area (Å²) < 4.78 is 20.1. The van der Waals surface area contributed by atoms with Gasteiger partial charge in [-0.3, -0.25) is 9.78 Å². The Labute approximate surface area is 170 Å². The number of fused-ring (bicyclic) bond motifs is 1. The van der Waals surface area contributed by atoms with E-state index in [0.29, 0.717) is 37.4 Å². The van der Waals surface area contributed by atoms with Crippen molar-refractivity contribution in [2.75, 3.05) is 38.1 Å². The van der Waals surface area contributed by atoms with Gasteiger partial charge in [0.15, 0.2) is 5.78 Å². The molecule has 0 aliphatic carbocycles. The molecule has 2 aliphatic rings. The number of hydrogen-bond acceptors (Lipinski definition) is 5. The third-order valence-corrected chi connectivity index (χ3v) is 5.81. The Morgan fingerprint density at radius 2 is 2.14 bits per heavy atom. The number of carbonyl (C=O) groups is 1. The SMILES string of the molecule is [C-]#[N+]c1ccc(N2CC(C)O[C@@H](C(=O)CC3CN(C)C[C@H]3F)C2)c2cccnc12. The van der Waals surface area contributed by atoms with E-state index in [1.54, 1.807) is 12.3 Å². The van der Waals surface area contributed by atoms with Crippen LogP contribution in [0.25, 0.3) is 15.7 Å². The average Bonchev–Trinajstić information content (AvgIpc) is 3.03. The number of likely N-dealkylation sites (tertiary alicyclic amines) is 1. The van der Waals surface area contributed by atoms with Gasteiger partial charge in [0, 0.05) is 49.2 Å². The first-order valence-electron chi connectivity index (χ1n) is 9.97. The molecule has 0 amide bonds. The number of ether oxygens (including phenoxy) is 1. The molecule has 2 aliphatic heterocycles. The number of anilines is 1. The first-order chi connectivity index (χ1) is 14.0. The molecule has 0 bridgehead atoms. The minimum Gasteiger partial charge on any atom is -0.365 e. The highest BCUT2D eigenvalue weighted by molar-refractivity contribution is 6.00. The molecule has 152 valence electrons. The Morgan fingerprint density at radius 3 is 2.86 bits per heavy atom. The number of Topliss-reactive ketones (excluding diaryl/α,β-unsaturated/α-hetero) is 1. The summed E-state index contributed by atoms with van der Waals surface area (Å²) in [5, 5.41) is 0.891. The van der Waals surface area contributed by atoms with E-state index in [1.165, 1.54) is 0 Å². The first-order valence-corrected chi connectivity index (χ1v) is 9.97. The molecule has 0 N–H and O–H groups in total. The second-order valence-corrected chi connectivity index (χ2v) is 8.12. The number of nitrogens with zero attached hydrogens (tertiary/aromatic N) is 4. The van der Waals surface area contributed by atoms with Crippen LogP contribution in [-0.4, -0.2) is 67.3 Å². The predicted octanol–water partition coefficient (Wildman–Crippen LogP) is 3.24. The van der Waals surface area contributed by atoms with Gasteiger partial charge < -0.3 is 14.5 Å². The van der Waals surface area contributed by atoms with Crippen LogP contribution in [-0.2, 0) is 9.53 Å². The molecule has 2 aromatic rings. The van der Waals surface area contributed by atoms with E-state index in [-0.39, 0.29) is 24.2 Å². The minimum absolute atomic E-state index is 0.0373. The number of hydrogen-bond donors (Lipinski definition) is 0. The lowest BCUT2D eigenvalue weighted by Gasteiger charge is -2.38. The molecule has 4 atom stereocenters. The van der Waals surface area contributed by atoms with Crippen molar-refractivity contribution in [3.63, 3.8) is 0 Å². The van der Waals surface area contributed by atoms with Gasteiger partial charge in [-0.25, -0.2) is 9.24 Å². The van der Waals surface area contributed by atoms with Gasteiger partial charge in [-0.05, 0) is 26.1 Å². The van der Waals surface area contributed by atoms with Crippen molar-refractivity contribution in [2.45, 2.75) is 31.7 Å². The lowest BCUT2D eigenvalue weighted by atomic mass is 9.96. The Morgan fingerprint density at radius 1 is 1.31 bits per heavy atom. The highest BCUT2D eigenvalue weighted by Gasteiger charge is 2.37. The number of aromatic nitrogens is 1. The summed E-state index contributed by atoms with van der Waals surface area (Å²) in [4.78, 5) is 24.9. The smallest absolute Gasteiger partial charge is 0.213 e. The molecule has 3 heterocycles. The maximum Gasteiger partial charge on any atom is 0.213 e. The number of pyridine rings is 1. The molecule has 4 rings (SSSR count). The van der Waals surface area contributed by atoms with Crippen molar-refractivity contribution >= 4 is 28.1 Å². The number of halogens is 1. The van der Waals surface area contributed by atoms with E-state index in [9.17, 15) is 9.18 Å². The lowest BCUT2D eigenvalue weighted by molar-refractivity contribution is -0.136. The number of morpholine rings is 1. The van der Waals surface area contributed by atoms with Crippen LogP contribution in [0.2, 0.25) is 0 Å². The quantitative estimate of drug-likeness (QED) is 0.743. The Bertz CT molecular complexity index is 959. The molecule has 1 aromatic heterocycles. The summed E-state index contributed by atoms with van der Waals surface area (Å²) >= 11 is 0. The summed E-state index contributed by atoms with van der Waals surface area (Å²) in [7, 11) is 1.88. The van der Waals surface area contributed by atoms with E-state index < -0.39 is 12.3 Å². The summed E-state index contributed by atoms with van der Waals surface area (Å²) in [6.07, 6.45) is 0.218. The van der Waals surface area contributed by atoms with Gasteiger partial charge in [0.05, 0.1) is 24.7 Å². The average molecular weight is 396 g/mol. The molecule has 0 saturated carbocycles. The van der Waals surface area contributed by atoms with Crippen LogP contribution in [0.3, 0.4) is 0 Å². The summed E-state index contributed by atoms with van der Waals surface area (Å²) in [5.41, 5.74) is 2.12. The predicted molar refractivity (Wildman–Crippen MR) is 110 cm³/mol. The van der Waals surface area contributed by atoms with Crippen molar-refractivity contribution in [2.24, 2.45) is 5.92 Å². The van der Waals surface area contributed by atoms with Gasteiger partial charge in [-0.2, -0.15) is 0 Å². The van der Waals surface area contributed by atoms with Crippen LogP contribution in [0.5, 0.6) is 0 Å². The van der Waals surface area contributed by atoms with Gasteiger partial charge in [0.1, 0.15) is 12.3 Å². The monoisotopic (exact) mass is 396 g/mol. The highest BCUT2D eigenvalue weighted by atomic mass is 19.1. The van der Waals surface area contributed by atoms with Crippen molar-refractivity contribution in [1.29, 1.82) is 0 Å². The third-order valence-electron chi connectivity index (χ3n) is 5.81. The Balaban J connectivity index is 1.56. The largest absolute Gasteiger partial charge is 0.365 e. The van der Waals surface area contributed by atoms with E-state index in [1.807, 2.05) is 37.1 Å². The normalized spacial score (nSPS) is 27.9. The summed E-state index contributed by atoms with van der Waals surface area (Å²) in [5.74, 6) is -0.297. The van der Waals surface area contributed by atoms with Crippen molar-refractivity contribution in [1.82, 2.24) is 9.88 Å². The fourth-order valence-electron chi connectivity index (χ4n) is 4.45. The van der Waals surface area contributed by atoms with E-state index in [4.69, 9.17) is 11.3 Å². The zero-order valence-electron chi connectivity index (χ0n) is 16.7. The number of ketones is 1. The maximum atomic E-state index is 14.2. The fourth-order valence-corrected chi connectivity index (χ4v) is 4.45. The standard InChI is InChI=1S/C22H25FN4O2/c1-14-10-27(19-7-6-18(24-2)22-16(19)5-4-8-25-22)13-21(29-14)20(28)9-15-11-26(3)12-17(15)23/h4-8,14-15,17,21H,9-13H2,1,3H3/t14?,15?,17-,21-/m1/s1. The van der Waals surface area contributed by atoms with Gasteiger partial charge >= 0.3 is 0 Å². The van der Waals surface area contributed by atoms with Gasteiger partial charge in [0.2, 0.25) is 5.69 Å². The molecule has 0 spiro atoms. The minimum atomic E-state index is -0.961. The molecular weight excluding hydrogens is 371 g/mol. The molecule has 2 fully saturated rings. The van der Waals surface area contributed by atoms with Crippen molar-refractivity contribution < 1.29 is 13.9 Å². The zero-order valence-corrected chi connectivity index (χ0v) is 16.7. The molecule has 29 heavy (non-hydrogen) atoms. The number of rotatable bonds is 4.